The molecule has 2 fully saturated rings. The van der Waals surface area contributed by atoms with E-state index < -0.39 is 0 Å². The second kappa shape index (κ2) is 11.3. The monoisotopic (exact) mass is 539 g/mol. The van der Waals surface area contributed by atoms with E-state index in [9.17, 15) is 9.90 Å². The fourth-order valence-electron chi connectivity index (χ4n) is 5.49. The largest absolute Gasteiger partial charge is 0.395 e. The Bertz CT molecular complexity index is 1280. The lowest BCUT2D eigenvalue weighted by Gasteiger charge is -2.32. The average molecular weight is 541 g/mol. The van der Waals surface area contributed by atoms with Crippen molar-refractivity contribution in [2.24, 2.45) is 11.8 Å². The van der Waals surface area contributed by atoms with Crippen molar-refractivity contribution in [3.05, 3.63) is 57.7 Å². The maximum atomic E-state index is 13.3. The summed E-state index contributed by atoms with van der Waals surface area (Å²) in [7, 11) is 2.07. The maximum Gasteiger partial charge on any atom is 0.169 e. The standard InChI is InChI=1S/C30H35Cl2N3O2/c1-18-26(31)14-22(15-27(18)32)21-7-10-28-24(13-21)29(25(16-33-28)30(37)20-5-6-20)34-23-8-3-19(4-9-23)17-35(2)11-12-36/h7,10,13-16,19-20,23,36H,3-6,8-9,11-12,17H2,1-2H3,(H,33,34)/t19-,23-. The summed E-state index contributed by atoms with van der Waals surface area (Å²) in [4.78, 5) is 20.2. The van der Waals surface area contributed by atoms with Crippen molar-refractivity contribution in [2.45, 2.75) is 51.5 Å². The highest BCUT2D eigenvalue weighted by atomic mass is 35.5. The van der Waals surface area contributed by atoms with Gasteiger partial charge in [-0.25, -0.2) is 0 Å². The normalized spacial score (nSPS) is 19.9. The molecule has 0 aliphatic heterocycles. The predicted molar refractivity (Wildman–Crippen MR) is 153 cm³/mol. The number of Topliss-reactive ketones (excluding diaryl/α,β-unsaturated/α-hetero) is 1. The number of fused-ring (bicyclic) bond motifs is 1. The number of anilines is 1. The number of carbonyl (C=O) groups excluding carboxylic acids is 1. The SMILES string of the molecule is Cc1c(Cl)cc(-c2ccc3ncc(C(=O)C4CC4)c(N[C@H]4CC[C@H](CN(C)CCO)CC4)c3c2)cc1Cl. The van der Waals surface area contributed by atoms with Gasteiger partial charge in [0.2, 0.25) is 0 Å². The third-order valence-electron chi connectivity index (χ3n) is 7.94. The zero-order valence-electron chi connectivity index (χ0n) is 21.6. The summed E-state index contributed by atoms with van der Waals surface area (Å²) in [5.41, 5.74) is 5.29. The number of likely N-dealkylation sites (N-methyl/N-ethyl adjacent to an activating group) is 1. The third-order valence-corrected chi connectivity index (χ3v) is 8.73. The van der Waals surface area contributed by atoms with E-state index in [-0.39, 0.29) is 18.3 Å². The summed E-state index contributed by atoms with van der Waals surface area (Å²) in [6, 6.07) is 10.4. The van der Waals surface area contributed by atoms with E-state index in [1.807, 2.05) is 31.2 Å². The van der Waals surface area contributed by atoms with Crippen molar-refractivity contribution in [1.29, 1.82) is 0 Å². The Hall–Kier alpha value is -2.18. The summed E-state index contributed by atoms with van der Waals surface area (Å²) in [5.74, 6) is 0.956. The van der Waals surface area contributed by atoms with Gasteiger partial charge in [0.15, 0.2) is 5.78 Å². The highest BCUT2D eigenvalue weighted by Crippen LogP contribution is 2.39. The number of hydrogen-bond donors (Lipinski definition) is 2. The van der Waals surface area contributed by atoms with Crippen LogP contribution in [0.5, 0.6) is 0 Å². The van der Waals surface area contributed by atoms with Crippen LogP contribution in [0.15, 0.2) is 36.5 Å². The van der Waals surface area contributed by atoms with Gasteiger partial charge in [0.05, 0.1) is 23.4 Å². The van der Waals surface area contributed by atoms with E-state index in [1.165, 1.54) is 0 Å². The number of aromatic nitrogens is 1. The van der Waals surface area contributed by atoms with E-state index in [1.54, 1.807) is 6.20 Å². The van der Waals surface area contributed by atoms with Gasteiger partial charge in [0, 0.05) is 46.7 Å². The number of pyridine rings is 1. The quantitative estimate of drug-likeness (QED) is 0.286. The van der Waals surface area contributed by atoms with Gasteiger partial charge < -0.3 is 15.3 Å². The van der Waals surface area contributed by atoms with Crippen molar-refractivity contribution in [1.82, 2.24) is 9.88 Å². The minimum Gasteiger partial charge on any atom is -0.395 e. The van der Waals surface area contributed by atoms with Crippen LogP contribution in [0.3, 0.4) is 0 Å². The van der Waals surface area contributed by atoms with Crippen molar-refractivity contribution in [3.8, 4) is 11.1 Å². The van der Waals surface area contributed by atoms with Gasteiger partial charge in [0.25, 0.3) is 0 Å². The Balaban J connectivity index is 1.46. The Morgan fingerprint density at radius 1 is 1.05 bits per heavy atom. The second-order valence-electron chi connectivity index (χ2n) is 10.8. The predicted octanol–water partition coefficient (Wildman–Crippen LogP) is 7.00. The lowest BCUT2D eigenvalue weighted by atomic mass is 9.85. The Morgan fingerprint density at radius 2 is 1.76 bits per heavy atom. The van der Waals surface area contributed by atoms with E-state index >= 15 is 0 Å². The zero-order chi connectivity index (χ0) is 26.1. The number of hydrogen-bond acceptors (Lipinski definition) is 5. The van der Waals surface area contributed by atoms with E-state index in [0.29, 0.717) is 34.1 Å². The molecule has 1 aromatic heterocycles. The first kappa shape index (κ1) is 26.4. The summed E-state index contributed by atoms with van der Waals surface area (Å²) in [6.07, 6.45) is 8.07. The molecule has 0 atom stereocenters. The number of aliphatic hydroxyl groups excluding tert-OH is 1. The minimum atomic E-state index is 0.121. The van der Waals surface area contributed by atoms with Crippen LogP contribution < -0.4 is 5.32 Å². The van der Waals surface area contributed by atoms with Gasteiger partial charge in [-0.2, -0.15) is 0 Å². The van der Waals surface area contributed by atoms with Crippen LogP contribution in [0, 0.1) is 18.8 Å². The molecule has 2 saturated carbocycles. The highest BCUT2D eigenvalue weighted by Gasteiger charge is 2.33. The molecular formula is C30H35Cl2N3O2. The molecule has 5 nitrogen and oxygen atoms in total. The zero-order valence-corrected chi connectivity index (χ0v) is 23.1. The van der Waals surface area contributed by atoms with Crippen molar-refractivity contribution in [2.75, 3.05) is 32.1 Å². The number of rotatable bonds is 9. The smallest absolute Gasteiger partial charge is 0.169 e. The van der Waals surface area contributed by atoms with Crippen LogP contribution in [0.4, 0.5) is 5.69 Å². The van der Waals surface area contributed by atoms with Gasteiger partial charge in [0.1, 0.15) is 0 Å². The van der Waals surface area contributed by atoms with Crippen molar-refractivity contribution < 1.29 is 9.90 Å². The first-order valence-electron chi connectivity index (χ1n) is 13.3. The average Bonchev–Trinajstić information content (AvgIpc) is 3.73. The molecule has 3 aromatic rings. The Labute approximate surface area is 229 Å². The van der Waals surface area contributed by atoms with E-state index in [2.05, 4.69) is 28.3 Å². The fraction of sp³-hybridized carbons (Fsp3) is 0.467. The lowest BCUT2D eigenvalue weighted by Crippen LogP contribution is -2.33. The number of nitrogens with zero attached hydrogens (tertiary/aromatic N) is 2. The molecule has 2 aliphatic carbocycles. The number of halogens is 2. The summed E-state index contributed by atoms with van der Waals surface area (Å²) in [6.45, 7) is 3.84. The lowest BCUT2D eigenvalue weighted by molar-refractivity contribution is 0.0968. The minimum absolute atomic E-state index is 0.121. The van der Waals surface area contributed by atoms with Crippen molar-refractivity contribution >= 4 is 45.6 Å². The molecule has 196 valence electrons. The molecule has 0 unspecified atom stereocenters. The molecular weight excluding hydrogens is 505 g/mol. The van der Waals surface area contributed by atoms with Gasteiger partial charge in [-0.15, -0.1) is 0 Å². The van der Waals surface area contributed by atoms with Gasteiger partial charge in [-0.3, -0.25) is 9.78 Å². The van der Waals surface area contributed by atoms with E-state index in [4.69, 9.17) is 23.2 Å². The molecule has 0 amide bonds. The fourth-order valence-corrected chi connectivity index (χ4v) is 5.98. The summed E-state index contributed by atoms with van der Waals surface area (Å²) >= 11 is 12.9. The molecule has 1 heterocycles. The molecule has 5 rings (SSSR count). The number of ketones is 1. The number of aliphatic hydroxyl groups is 1. The van der Waals surface area contributed by atoms with Gasteiger partial charge in [-0.05, 0) is 99.4 Å². The molecule has 2 aromatic carbocycles. The Morgan fingerprint density at radius 3 is 2.41 bits per heavy atom. The van der Waals surface area contributed by atoms with Crippen LogP contribution in [-0.4, -0.2) is 53.6 Å². The van der Waals surface area contributed by atoms with Crippen LogP contribution in [0.1, 0.15) is 54.4 Å². The Kier molecular flexibility index (Phi) is 8.06. The first-order valence-corrected chi connectivity index (χ1v) is 14.1. The second-order valence-corrected chi connectivity index (χ2v) is 11.6. The van der Waals surface area contributed by atoms with Crippen LogP contribution >= 0.6 is 23.2 Å². The molecule has 0 radical (unpaired) electrons. The highest BCUT2D eigenvalue weighted by molar-refractivity contribution is 6.36. The molecule has 2 N–H and O–H groups in total. The molecule has 37 heavy (non-hydrogen) atoms. The third kappa shape index (κ3) is 5.96. The first-order chi connectivity index (χ1) is 17.8. The van der Waals surface area contributed by atoms with Gasteiger partial charge >= 0.3 is 0 Å². The summed E-state index contributed by atoms with van der Waals surface area (Å²) in [5, 5.41) is 15.2. The number of nitrogens with one attached hydrogen (secondary N) is 1. The molecule has 0 saturated heterocycles. The van der Waals surface area contributed by atoms with Crippen LogP contribution in [0.25, 0.3) is 22.0 Å². The topological polar surface area (TPSA) is 65.5 Å². The number of carbonyl (C=O) groups is 1. The molecule has 7 heteroatoms. The molecule has 0 spiro atoms. The van der Waals surface area contributed by atoms with Crippen LogP contribution in [-0.2, 0) is 0 Å². The molecule has 2 aliphatic rings. The van der Waals surface area contributed by atoms with Crippen LogP contribution in [0.2, 0.25) is 10.0 Å². The van der Waals surface area contributed by atoms with Crippen molar-refractivity contribution in [3.63, 3.8) is 0 Å². The number of benzene rings is 2. The van der Waals surface area contributed by atoms with E-state index in [0.717, 1.165) is 78.4 Å². The van der Waals surface area contributed by atoms with Gasteiger partial charge in [-0.1, -0.05) is 29.3 Å². The summed E-state index contributed by atoms with van der Waals surface area (Å²) < 4.78 is 0. The maximum absolute atomic E-state index is 13.3. The molecule has 0 bridgehead atoms.